The summed E-state index contributed by atoms with van der Waals surface area (Å²) in [7, 11) is -9.22. The molecule has 1 aliphatic heterocycles. The summed E-state index contributed by atoms with van der Waals surface area (Å²) in [6.07, 6.45) is -1.25. The lowest BCUT2D eigenvalue weighted by molar-refractivity contribution is -0.144. The zero-order chi connectivity index (χ0) is 28.5. The average molecular weight is 650 g/mol. The molecule has 3 rings (SSSR count). The Bertz CT molecular complexity index is 1470. The van der Waals surface area contributed by atoms with Gasteiger partial charge in [0.1, 0.15) is 22.4 Å². The van der Waals surface area contributed by atoms with E-state index in [9.17, 15) is 26.4 Å². The molecule has 18 heteroatoms. The van der Waals surface area contributed by atoms with Crippen LogP contribution in [0.15, 0.2) is 46.2 Å². The third-order valence-electron chi connectivity index (χ3n) is 5.00. The normalized spacial score (nSPS) is 17.3. The number of esters is 1. The minimum atomic E-state index is -4.71. The van der Waals surface area contributed by atoms with Gasteiger partial charge in [0.2, 0.25) is 23.8 Å². The molecule has 38 heavy (non-hydrogen) atoms. The molecule has 1 amide bonds. The smallest absolute Gasteiger partial charge is 0.411 e. The molecule has 0 saturated carbocycles. The Morgan fingerprint density at radius 3 is 2.34 bits per heavy atom. The lowest BCUT2D eigenvalue weighted by Gasteiger charge is -2.22. The number of hydrogen-bond acceptors (Lipinski definition) is 9. The van der Waals surface area contributed by atoms with Crippen LogP contribution >= 0.6 is 46.4 Å². The van der Waals surface area contributed by atoms with Crippen LogP contribution in [0.3, 0.4) is 0 Å². The van der Waals surface area contributed by atoms with Crippen LogP contribution in [-0.4, -0.2) is 51.9 Å². The Hall–Kier alpha value is -2.04. The number of anilines is 2. The number of nitrogens with two attached hydrogens (primary N) is 1. The molecule has 2 atom stereocenters. The molecule has 0 saturated heterocycles. The fourth-order valence-electron chi connectivity index (χ4n) is 3.49. The second-order valence-corrected chi connectivity index (χ2v) is 13.8. The number of hydrogen-bond donors (Lipinski definition) is 4. The number of halogens is 4. The van der Waals surface area contributed by atoms with Crippen molar-refractivity contribution in [3.05, 3.63) is 47.0 Å². The Morgan fingerprint density at radius 2 is 1.74 bits per heavy atom. The van der Waals surface area contributed by atoms with Crippen molar-refractivity contribution in [2.45, 2.75) is 32.6 Å². The Balaban J connectivity index is 2.07. The molecule has 5 N–H and O–H groups in total. The molecule has 0 aliphatic carbocycles. The zero-order valence-corrected chi connectivity index (χ0v) is 23.9. The molecule has 1 heterocycles. The molecule has 0 radical (unpaired) electrons. The van der Waals surface area contributed by atoms with Gasteiger partial charge in [-0.1, -0.05) is 64.6 Å². The van der Waals surface area contributed by atoms with Crippen LogP contribution in [0.2, 0.25) is 5.02 Å². The van der Waals surface area contributed by atoms with Gasteiger partial charge < -0.3 is 14.8 Å². The van der Waals surface area contributed by atoms with Crippen molar-refractivity contribution in [2.24, 2.45) is 5.14 Å². The quantitative estimate of drug-likeness (QED) is 0.246. The molecule has 0 spiro atoms. The highest BCUT2D eigenvalue weighted by Gasteiger charge is 2.41. The predicted octanol–water partition coefficient (Wildman–Crippen LogP) is 3.28. The molecule has 12 nitrogen and oxygen atoms in total. The van der Waals surface area contributed by atoms with Crippen LogP contribution < -0.4 is 20.5 Å². The van der Waals surface area contributed by atoms with E-state index in [1.807, 2.05) is 0 Å². The van der Waals surface area contributed by atoms with Gasteiger partial charge in [0, 0.05) is 5.69 Å². The minimum Gasteiger partial charge on any atom is -0.464 e. The van der Waals surface area contributed by atoms with Gasteiger partial charge in [0.25, 0.3) is 0 Å². The maximum absolute atomic E-state index is 13.6. The third-order valence-corrected chi connectivity index (χ3v) is 8.18. The second kappa shape index (κ2) is 11.6. The number of fused-ring (bicyclic) bond motifs is 1. The van der Waals surface area contributed by atoms with Crippen molar-refractivity contribution < 1.29 is 35.9 Å². The first-order chi connectivity index (χ1) is 17.5. The standard InChI is InChI=1S/C20H20Cl4N4O8S2/c1-2-35-18(29)17-16(10-5-3-4-6-12(10)26-17)28-38(33,34)15-8-14(37(25,31)32)11(21)7-13(15)27-19(30)36-9-20(22,23)24/h3-8,16-17,26,28H,2,9H2,1H3,(H,27,30)(H2,25,31,32). The highest BCUT2D eigenvalue weighted by molar-refractivity contribution is 7.90. The van der Waals surface area contributed by atoms with E-state index in [-0.39, 0.29) is 6.61 Å². The highest BCUT2D eigenvalue weighted by atomic mass is 35.6. The number of sulfonamides is 2. The maximum Gasteiger partial charge on any atom is 0.411 e. The summed E-state index contributed by atoms with van der Waals surface area (Å²) in [6, 6.07) is 5.65. The van der Waals surface area contributed by atoms with Crippen LogP contribution in [0.25, 0.3) is 0 Å². The lowest BCUT2D eigenvalue weighted by Crippen LogP contribution is -2.41. The molecule has 2 aromatic carbocycles. The summed E-state index contributed by atoms with van der Waals surface area (Å²) in [6.45, 7) is 0.923. The van der Waals surface area contributed by atoms with Crippen molar-refractivity contribution in [1.82, 2.24) is 4.72 Å². The summed E-state index contributed by atoms with van der Waals surface area (Å²) in [5.41, 5.74) is 0.385. The van der Waals surface area contributed by atoms with Gasteiger partial charge in [-0.25, -0.2) is 36.3 Å². The molecule has 0 aromatic heterocycles. The number of nitrogens with one attached hydrogen (secondary N) is 3. The number of alkyl halides is 3. The van der Waals surface area contributed by atoms with Crippen LogP contribution in [0.5, 0.6) is 0 Å². The first-order valence-electron chi connectivity index (χ1n) is 10.4. The summed E-state index contributed by atoms with van der Waals surface area (Å²) in [4.78, 5) is 23.4. The highest BCUT2D eigenvalue weighted by Crippen LogP contribution is 2.38. The molecule has 2 aromatic rings. The Labute approximate surface area is 238 Å². The van der Waals surface area contributed by atoms with Gasteiger partial charge in [-0.3, -0.25) is 5.32 Å². The van der Waals surface area contributed by atoms with E-state index in [2.05, 4.69) is 15.4 Å². The number of rotatable bonds is 8. The fourth-order valence-corrected chi connectivity index (χ4v) is 6.22. The van der Waals surface area contributed by atoms with E-state index < -0.39 is 75.1 Å². The van der Waals surface area contributed by atoms with Crippen LogP contribution in [0, 0.1) is 0 Å². The molecule has 208 valence electrons. The lowest BCUT2D eigenvalue weighted by atomic mass is 10.0. The molecule has 0 bridgehead atoms. The first-order valence-corrected chi connectivity index (χ1v) is 15.0. The topological polar surface area (TPSA) is 183 Å². The molecule has 2 unspecified atom stereocenters. The summed E-state index contributed by atoms with van der Waals surface area (Å²) < 4.78 is 61.5. The Kier molecular flexibility index (Phi) is 9.31. The molecular weight excluding hydrogens is 630 g/mol. The summed E-state index contributed by atoms with van der Waals surface area (Å²) in [5.74, 6) is -0.744. The van der Waals surface area contributed by atoms with E-state index in [0.717, 1.165) is 6.07 Å². The van der Waals surface area contributed by atoms with Gasteiger partial charge in [0.05, 0.1) is 23.4 Å². The van der Waals surface area contributed by atoms with E-state index in [1.54, 1.807) is 31.2 Å². The largest absolute Gasteiger partial charge is 0.464 e. The SMILES string of the molecule is CCOC(=O)C1Nc2ccccc2C1NS(=O)(=O)c1cc(S(N)(=O)=O)c(Cl)cc1NC(=O)OCC(Cl)(Cl)Cl. The minimum absolute atomic E-state index is 0.0338. The molecule has 0 fully saturated rings. The number of primary sulfonamides is 1. The van der Waals surface area contributed by atoms with Crippen molar-refractivity contribution in [3.63, 3.8) is 0 Å². The number of carbonyl (C=O) groups is 2. The number of para-hydroxylation sites is 1. The van der Waals surface area contributed by atoms with E-state index in [1.165, 1.54) is 0 Å². The predicted molar refractivity (Wildman–Crippen MR) is 142 cm³/mol. The van der Waals surface area contributed by atoms with Gasteiger partial charge in [0.15, 0.2) is 0 Å². The number of benzene rings is 2. The van der Waals surface area contributed by atoms with Gasteiger partial charge in [-0.2, -0.15) is 0 Å². The third kappa shape index (κ3) is 7.33. The van der Waals surface area contributed by atoms with Crippen LogP contribution in [0.1, 0.15) is 18.5 Å². The number of amides is 1. The van der Waals surface area contributed by atoms with E-state index >= 15 is 0 Å². The number of ether oxygens (including phenoxy) is 2. The van der Waals surface area contributed by atoms with Crippen LogP contribution in [-0.2, 0) is 34.3 Å². The average Bonchev–Trinajstić information content (AvgIpc) is 3.14. The van der Waals surface area contributed by atoms with Gasteiger partial charge in [-0.05, 0) is 30.7 Å². The van der Waals surface area contributed by atoms with E-state index in [0.29, 0.717) is 17.3 Å². The van der Waals surface area contributed by atoms with Crippen molar-refractivity contribution >= 4 is 89.9 Å². The van der Waals surface area contributed by atoms with Crippen molar-refractivity contribution in [1.29, 1.82) is 0 Å². The van der Waals surface area contributed by atoms with Gasteiger partial charge >= 0.3 is 12.1 Å². The maximum atomic E-state index is 13.6. The summed E-state index contributed by atoms with van der Waals surface area (Å²) in [5, 5.41) is 9.71. The molecule has 1 aliphatic rings. The second-order valence-electron chi connectivity index (χ2n) is 7.70. The Morgan fingerprint density at radius 1 is 1.08 bits per heavy atom. The zero-order valence-electron chi connectivity index (χ0n) is 19.2. The molecular formula is C20H20Cl4N4O8S2. The van der Waals surface area contributed by atoms with Crippen molar-refractivity contribution in [2.75, 3.05) is 23.8 Å². The summed E-state index contributed by atoms with van der Waals surface area (Å²) >= 11 is 22.7. The van der Waals surface area contributed by atoms with E-state index in [4.69, 9.17) is 61.0 Å². The van der Waals surface area contributed by atoms with Crippen LogP contribution in [0.4, 0.5) is 16.2 Å². The monoisotopic (exact) mass is 648 g/mol. The number of carbonyl (C=O) groups excluding carboxylic acids is 2. The van der Waals surface area contributed by atoms with Crippen molar-refractivity contribution in [3.8, 4) is 0 Å². The fraction of sp³-hybridized carbons (Fsp3) is 0.300. The first kappa shape index (κ1) is 30.5. The van der Waals surface area contributed by atoms with Gasteiger partial charge in [-0.15, -0.1) is 0 Å².